The normalized spacial score (nSPS) is 13.6. The Morgan fingerprint density at radius 2 is 0.733 bits per heavy atom. The molecule has 0 rings (SSSR count). The molecule has 0 aliphatic rings. The van der Waals surface area contributed by atoms with Crippen molar-refractivity contribution in [3.8, 4) is 0 Å². The Balaban J connectivity index is 3.96. The molecule has 0 saturated carbocycles. The molecule has 9 nitrogen and oxygen atoms in total. The third kappa shape index (κ3) is 60.3. The fraction of sp³-hybridized carbons (Fsp3) is 0.754. The maximum absolute atomic E-state index is 12.7. The molecule has 434 valence electrons. The van der Waals surface area contributed by atoms with Crippen molar-refractivity contribution in [1.82, 2.24) is 0 Å². The van der Waals surface area contributed by atoms with Crippen LogP contribution in [0.5, 0.6) is 0 Å². The highest BCUT2D eigenvalue weighted by Crippen LogP contribution is 2.43. The molecule has 0 aliphatic carbocycles. The highest BCUT2D eigenvalue weighted by atomic mass is 31.2. The Morgan fingerprint density at radius 3 is 1.11 bits per heavy atom. The quantitative estimate of drug-likeness (QED) is 0.0264. The van der Waals surface area contributed by atoms with E-state index in [9.17, 15) is 19.0 Å². The van der Waals surface area contributed by atoms with Crippen LogP contribution in [-0.4, -0.2) is 49.3 Å². The molecule has 3 N–H and O–H groups in total. The van der Waals surface area contributed by atoms with E-state index in [1.54, 1.807) is 0 Å². The number of carbonyl (C=O) groups is 2. The fourth-order valence-electron chi connectivity index (χ4n) is 8.69. The van der Waals surface area contributed by atoms with Gasteiger partial charge in [0.25, 0.3) is 0 Å². The summed E-state index contributed by atoms with van der Waals surface area (Å²) in [7, 11) is -4.40. The zero-order valence-electron chi connectivity index (χ0n) is 48.5. The largest absolute Gasteiger partial charge is 0.472 e. The first kappa shape index (κ1) is 72.2. The lowest BCUT2D eigenvalue weighted by atomic mass is 10.0. The van der Waals surface area contributed by atoms with Gasteiger partial charge in [-0.2, -0.15) is 0 Å². The minimum atomic E-state index is -4.40. The van der Waals surface area contributed by atoms with Gasteiger partial charge in [-0.1, -0.05) is 266 Å². The number of hydrogen-bond donors (Lipinski definition) is 2. The van der Waals surface area contributed by atoms with Gasteiger partial charge < -0.3 is 20.1 Å². The number of carbonyl (C=O) groups excluding carboxylic acids is 2. The number of phosphoric acid groups is 1. The van der Waals surface area contributed by atoms with Gasteiger partial charge in [-0.05, 0) is 89.9 Å². The average molecular weight is 1070 g/mol. The van der Waals surface area contributed by atoms with Gasteiger partial charge in [0.15, 0.2) is 6.10 Å². The number of allylic oxidation sites excluding steroid dienone is 14. The van der Waals surface area contributed by atoms with Crippen LogP contribution in [0.1, 0.15) is 284 Å². The van der Waals surface area contributed by atoms with Crippen LogP contribution in [0.25, 0.3) is 0 Å². The van der Waals surface area contributed by atoms with Crippen LogP contribution < -0.4 is 5.73 Å². The van der Waals surface area contributed by atoms with Crippen LogP contribution in [0.4, 0.5) is 0 Å². The van der Waals surface area contributed by atoms with Crippen LogP contribution in [0, 0.1) is 0 Å². The van der Waals surface area contributed by atoms with Crippen molar-refractivity contribution < 1.29 is 37.6 Å². The van der Waals surface area contributed by atoms with E-state index < -0.39 is 26.5 Å². The summed E-state index contributed by atoms with van der Waals surface area (Å²) in [6.45, 7) is 3.64. The fourth-order valence-corrected chi connectivity index (χ4v) is 9.46. The molecule has 0 radical (unpaired) electrons. The molecule has 0 aliphatic heterocycles. The van der Waals surface area contributed by atoms with Crippen molar-refractivity contribution in [2.45, 2.75) is 290 Å². The Hall–Kier alpha value is -2.81. The lowest BCUT2D eigenvalue weighted by Crippen LogP contribution is -2.29. The van der Waals surface area contributed by atoms with E-state index in [1.165, 1.54) is 154 Å². The summed E-state index contributed by atoms with van der Waals surface area (Å²) in [5.74, 6) is -0.839. The summed E-state index contributed by atoms with van der Waals surface area (Å²) in [6.07, 6.45) is 79.4. The van der Waals surface area contributed by atoms with E-state index >= 15 is 0 Å². The Kier molecular flexibility index (Phi) is 58.2. The number of ether oxygens (including phenoxy) is 2. The number of phosphoric ester groups is 1. The van der Waals surface area contributed by atoms with E-state index in [0.717, 1.165) is 96.3 Å². The summed E-state index contributed by atoms with van der Waals surface area (Å²) < 4.78 is 33.1. The van der Waals surface area contributed by atoms with E-state index in [0.29, 0.717) is 6.42 Å². The number of nitrogens with two attached hydrogens (primary N) is 1. The maximum atomic E-state index is 12.7. The van der Waals surface area contributed by atoms with Gasteiger partial charge in [0.05, 0.1) is 13.2 Å². The topological polar surface area (TPSA) is 134 Å². The maximum Gasteiger partial charge on any atom is 0.472 e. The number of esters is 2. The predicted octanol–water partition coefficient (Wildman–Crippen LogP) is 19.9. The minimum Gasteiger partial charge on any atom is -0.462 e. The molecule has 2 atom stereocenters. The van der Waals surface area contributed by atoms with Crippen LogP contribution in [0.3, 0.4) is 0 Å². The number of unbranched alkanes of at least 4 members (excludes halogenated alkanes) is 31. The molecule has 0 aromatic rings. The van der Waals surface area contributed by atoms with Gasteiger partial charge in [0, 0.05) is 19.4 Å². The third-order valence-corrected chi connectivity index (χ3v) is 14.2. The molecule has 0 saturated heterocycles. The first-order valence-corrected chi connectivity index (χ1v) is 32.6. The predicted molar refractivity (Wildman–Crippen MR) is 321 cm³/mol. The standard InChI is InChI=1S/C65H116NO8P/c1-3-5-7-9-11-13-15-17-19-21-23-25-27-29-30-31-32-34-35-37-39-41-43-45-47-49-51-53-55-57-64(67)71-61-63(62-73-75(69,70)72-60-59-66)74-65(68)58-56-54-52-50-48-46-44-42-40-38-36-33-28-26-24-22-20-18-16-14-12-10-8-6-4-2/h6,8,12,14,18,20-21,23-24,26,33,36,40,42,63H,3-5,7,9-11,13,15-17,19,22,25,27-32,34-35,37-39,41,43-62,66H2,1-2H3,(H,69,70)/b8-6-,14-12-,20-18-,23-21-,26-24-,36-33-,42-40-. The monoisotopic (exact) mass is 1070 g/mol. The van der Waals surface area contributed by atoms with Crippen LogP contribution in [-0.2, 0) is 32.7 Å². The van der Waals surface area contributed by atoms with E-state index in [1.807, 2.05) is 0 Å². The average Bonchev–Trinajstić information content (AvgIpc) is 3.40. The van der Waals surface area contributed by atoms with Gasteiger partial charge >= 0.3 is 19.8 Å². The Morgan fingerprint density at radius 1 is 0.413 bits per heavy atom. The number of hydrogen-bond acceptors (Lipinski definition) is 8. The van der Waals surface area contributed by atoms with Gasteiger partial charge in [0.1, 0.15) is 6.61 Å². The minimum absolute atomic E-state index is 0.0476. The molecule has 0 amide bonds. The second-order valence-electron chi connectivity index (χ2n) is 20.5. The zero-order chi connectivity index (χ0) is 54.5. The van der Waals surface area contributed by atoms with E-state index in [4.69, 9.17) is 24.3 Å². The first-order valence-electron chi connectivity index (χ1n) is 31.1. The number of rotatable bonds is 58. The molecule has 10 heteroatoms. The highest BCUT2D eigenvalue weighted by molar-refractivity contribution is 7.47. The first-order chi connectivity index (χ1) is 36.8. The van der Waals surface area contributed by atoms with Crippen molar-refractivity contribution in [3.05, 3.63) is 85.1 Å². The summed E-state index contributed by atoms with van der Waals surface area (Å²) in [5.41, 5.74) is 5.39. The van der Waals surface area contributed by atoms with Crippen LogP contribution in [0.2, 0.25) is 0 Å². The summed E-state index contributed by atoms with van der Waals surface area (Å²) in [5, 5.41) is 0. The molecule has 0 aromatic heterocycles. The molecular formula is C65H116NO8P. The van der Waals surface area contributed by atoms with Crippen molar-refractivity contribution in [2.75, 3.05) is 26.4 Å². The van der Waals surface area contributed by atoms with Crippen LogP contribution in [0.15, 0.2) is 85.1 Å². The molecular weight excluding hydrogens is 954 g/mol. The SMILES string of the molecule is CC/C=C\C/C=C\C/C=C\C/C=C\C/C=C\C/C=C\CCCCCCCCC(=O)OC(COC(=O)CCCCCCCCCCCCCCCCCCC/C=C\CCCCCCCCCC)COP(=O)(O)OCCN. The molecule has 0 fully saturated rings. The van der Waals surface area contributed by atoms with Crippen molar-refractivity contribution in [3.63, 3.8) is 0 Å². The summed E-state index contributed by atoms with van der Waals surface area (Å²) in [4.78, 5) is 35.2. The third-order valence-electron chi connectivity index (χ3n) is 13.3. The molecule has 0 spiro atoms. The lowest BCUT2D eigenvalue weighted by molar-refractivity contribution is -0.161. The van der Waals surface area contributed by atoms with Gasteiger partial charge in [-0.15, -0.1) is 0 Å². The zero-order valence-corrected chi connectivity index (χ0v) is 49.4. The highest BCUT2D eigenvalue weighted by Gasteiger charge is 2.26. The smallest absolute Gasteiger partial charge is 0.462 e. The van der Waals surface area contributed by atoms with Crippen molar-refractivity contribution in [1.29, 1.82) is 0 Å². The molecule has 75 heavy (non-hydrogen) atoms. The second kappa shape index (κ2) is 60.4. The van der Waals surface area contributed by atoms with Gasteiger partial charge in [-0.3, -0.25) is 18.6 Å². The van der Waals surface area contributed by atoms with Crippen LogP contribution >= 0.6 is 7.82 Å². The molecule has 2 unspecified atom stereocenters. The van der Waals surface area contributed by atoms with Gasteiger partial charge in [-0.25, -0.2) is 4.57 Å². The second-order valence-corrected chi connectivity index (χ2v) is 22.0. The summed E-state index contributed by atoms with van der Waals surface area (Å²) >= 11 is 0. The molecule has 0 bridgehead atoms. The van der Waals surface area contributed by atoms with Gasteiger partial charge in [0.2, 0.25) is 0 Å². The molecule has 0 heterocycles. The summed E-state index contributed by atoms with van der Waals surface area (Å²) in [6, 6.07) is 0. The van der Waals surface area contributed by atoms with Crippen molar-refractivity contribution >= 4 is 19.8 Å². The molecule has 0 aromatic carbocycles. The van der Waals surface area contributed by atoms with E-state index in [2.05, 4.69) is 98.9 Å². The lowest BCUT2D eigenvalue weighted by Gasteiger charge is -2.19. The Labute approximate surface area is 462 Å². The Bertz CT molecular complexity index is 1500. The van der Waals surface area contributed by atoms with Crippen molar-refractivity contribution in [2.24, 2.45) is 5.73 Å². The van der Waals surface area contributed by atoms with E-state index in [-0.39, 0.29) is 38.6 Å².